The highest BCUT2D eigenvalue weighted by Gasteiger charge is 2.33. The fraction of sp³-hybridized carbons (Fsp3) is 0.955. The van der Waals surface area contributed by atoms with Crippen LogP contribution in [-0.4, -0.2) is 16.6 Å². The Labute approximate surface area is 157 Å². The van der Waals surface area contributed by atoms with Crippen LogP contribution < -0.4 is 5.73 Å². The van der Waals surface area contributed by atoms with Crippen molar-refractivity contribution in [3.05, 3.63) is 0 Å². The summed E-state index contributed by atoms with van der Waals surface area (Å²) in [6.07, 6.45) is 19.8. The molecule has 1 amide bonds. The standard InChI is InChI=1S/C22H45NO2/c1-4-6-7-8-9-10-11-12-13-14-15-16-17-18-19-20(21(23)24)22(3,25)5-2/h20,25H,4-19H2,1-3H3,(H2,23,24). The molecule has 0 heterocycles. The maximum atomic E-state index is 11.5. The molecular formula is C22H45NO2. The summed E-state index contributed by atoms with van der Waals surface area (Å²) in [5.74, 6) is -0.767. The molecule has 0 saturated carbocycles. The summed E-state index contributed by atoms with van der Waals surface area (Å²) in [6, 6.07) is 0. The van der Waals surface area contributed by atoms with Crippen molar-refractivity contribution in [1.29, 1.82) is 0 Å². The molecule has 3 heteroatoms. The number of aliphatic hydroxyl groups is 1. The monoisotopic (exact) mass is 355 g/mol. The van der Waals surface area contributed by atoms with E-state index in [1.54, 1.807) is 6.92 Å². The third kappa shape index (κ3) is 13.3. The molecule has 3 nitrogen and oxygen atoms in total. The van der Waals surface area contributed by atoms with Gasteiger partial charge in [-0.3, -0.25) is 4.79 Å². The Bertz CT molecular complexity index is 315. The Kier molecular flexibility index (Phi) is 15.3. The van der Waals surface area contributed by atoms with E-state index < -0.39 is 11.5 Å². The molecule has 0 fully saturated rings. The zero-order valence-electron chi connectivity index (χ0n) is 17.3. The van der Waals surface area contributed by atoms with E-state index in [9.17, 15) is 9.90 Å². The van der Waals surface area contributed by atoms with Crippen molar-refractivity contribution < 1.29 is 9.90 Å². The second kappa shape index (κ2) is 15.7. The molecule has 0 aliphatic carbocycles. The zero-order valence-corrected chi connectivity index (χ0v) is 17.3. The van der Waals surface area contributed by atoms with E-state index in [4.69, 9.17) is 5.73 Å². The van der Waals surface area contributed by atoms with E-state index in [-0.39, 0.29) is 5.91 Å². The minimum atomic E-state index is -0.956. The summed E-state index contributed by atoms with van der Waals surface area (Å²) in [5.41, 5.74) is 4.50. The van der Waals surface area contributed by atoms with Gasteiger partial charge in [-0.05, 0) is 19.8 Å². The van der Waals surface area contributed by atoms with Crippen molar-refractivity contribution in [2.75, 3.05) is 0 Å². The van der Waals surface area contributed by atoms with Crippen LogP contribution in [-0.2, 0) is 4.79 Å². The predicted molar refractivity (Wildman–Crippen MR) is 109 cm³/mol. The SMILES string of the molecule is CCCCCCCCCCCCCCCCC(C(N)=O)C(C)(O)CC. The summed E-state index contributed by atoms with van der Waals surface area (Å²) in [4.78, 5) is 11.5. The molecule has 0 aliphatic heterocycles. The Morgan fingerprint density at radius 3 is 1.48 bits per heavy atom. The van der Waals surface area contributed by atoms with Crippen LogP contribution in [0.5, 0.6) is 0 Å². The minimum absolute atomic E-state index is 0.360. The fourth-order valence-corrected chi connectivity index (χ4v) is 3.55. The largest absolute Gasteiger partial charge is 0.389 e. The average Bonchev–Trinajstić information content (AvgIpc) is 2.57. The maximum absolute atomic E-state index is 11.5. The van der Waals surface area contributed by atoms with Gasteiger partial charge in [0.2, 0.25) is 5.91 Å². The first kappa shape index (κ1) is 24.4. The zero-order chi connectivity index (χ0) is 19.0. The first-order valence-corrected chi connectivity index (χ1v) is 11.0. The third-order valence-corrected chi connectivity index (χ3v) is 5.66. The van der Waals surface area contributed by atoms with Crippen LogP contribution in [0.4, 0.5) is 0 Å². The summed E-state index contributed by atoms with van der Waals surface area (Å²) >= 11 is 0. The molecule has 0 saturated heterocycles. The van der Waals surface area contributed by atoms with Crippen LogP contribution in [0.15, 0.2) is 0 Å². The Balaban J connectivity index is 3.45. The number of nitrogens with two attached hydrogens (primary N) is 1. The van der Waals surface area contributed by atoms with Crippen molar-refractivity contribution in [3.8, 4) is 0 Å². The molecule has 0 rings (SSSR count). The molecule has 0 aromatic heterocycles. The van der Waals surface area contributed by atoms with Gasteiger partial charge in [-0.2, -0.15) is 0 Å². The second-order valence-corrected chi connectivity index (χ2v) is 8.05. The van der Waals surface area contributed by atoms with E-state index in [0.29, 0.717) is 12.8 Å². The topological polar surface area (TPSA) is 63.3 Å². The van der Waals surface area contributed by atoms with Crippen molar-refractivity contribution >= 4 is 5.91 Å². The van der Waals surface area contributed by atoms with E-state index in [0.717, 1.165) is 12.8 Å². The molecule has 0 aromatic carbocycles. The maximum Gasteiger partial charge on any atom is 0.223 e. The molecular weight excluding hydrogens is 310 g/mol. The highest BCUT2D eigenvalue weighted by Crippen LogP contribution is 2.26. The highest BCUT2D eigenvalue weighted by molar-refractivity contribution is 5.77. The average molecular weight is 356 g/mol. The van der Waals surface area contributed by atoms with E-state index in [1.165, 1.54) is 77.0 Å². The van der Waals surface area contributed by atoms with E-state index >= 15 is 0 Å². The van der Waals surface area contributed by atoms with Gasteiger partial charge in [-0.1, -0.05) is 104 Å². The number of unbranched alkanes of at least 4 members (excludes halogenated alkanes) is 13. The summed E-state index contributed by atoms with van der Waals surface area (Å²) in [5, 5.41) is 10.3. The second-order valence-electron chi connectivity index (χ2n) is 8.05. The van der Waals surface area contributed by atoms with Gasteiger partial charge in [0.1, 0.15) is 0 Å². The number of primary amides is 1. The number of hydrogen-bond acceptors (Lipinski definition) is 2. The predicted octanol–water partition coefficient (Wildman–Crippen LogP) is 6.12. The van der Waals surface area contributed by atoms with E-state index in [1.807, 2.05) is 6.92 Å². The Hall–Kier alpha value is -0.570. The summed E-state index contributed by atoms with van der Waals surface area (Å²) < 4.78 is 0. The quantitative estimate of drug-likeness (QED) is 0.291. The number of carbonyl (C=O) groups excluding carboxylic acids is 1. The Morgan fingerprint density at radius 2 is 1.16 bits per heavy atom. The number of carbonyl (C=O) groups is 1. The Morgan fingerprint density at radius 1 is 0.800 bits per heavy atom. The molecule has 25 heavy (non-hydrogen) atoms. The fourth-order valence-electron chi connectivity index (χ4n) is 3.55. The van der Waals surface area contributed by atoms with Gasteiger partial charge in [0, 0.05) is 0 Å². The first-order chi connectivity index (χ1) is 12.0. The third-order valence-electron chi connectivity index (χ3n) is 5.66. The van der Waals surface area contributed by atoms with Crippen LogP contribution in [0, 0.1) is 5.92 Å². The highest BCUT2D eigenvalue weighted by atomic mass is 16.3. The first-order valence-electron chi connectivity index (χ1n) is 11.0. The molecule has 0 spiro atoms. The molecule has 3 N–H and O–H groups in total. The van der Waals surface area contributed by atoms with E-state index in [2.05, 4.69) is 6.92 Å². The van der Waals surface area contributed by atoms with Crippen molar-refractivity contribution in [1.82, 2.24) is 0 Å². The molecule has 2 atom stereocenters. The van der Waals surface area contributed by atoms with Crippen LogP contribution in [0.1, 0.15) is 124 Å². The normalized spacial score (nSPS) is 15.0. The molecule has 150 valence electrons. The molecule has 0 bridgehead atoms. The molecule has 0 aromatic rings. The van der Waals surface area contributed by atoms with Gasteiger partial charge in [0.05, 0.1) is 11.5 Å². The van der Waals surface area contributed by atoms with Gasteiger partial charge in [0.15, 0.2) is 0 Å². The van der Waals surface area contributed by atoms with Gasteiger partial charge in [-0.25, -0.2) is 0 Å². The van der Waals surface area contributed by atoms with Crippen molar-refractivity contribution in [2.45, 2.75) is 129 Å². The van der Waals surface area contributed by atoms with Gasteiger partial charge < -0.3 is 10.8 Å². The summed E-state index contributed by atoms with van der Waals surface area (Å²) in [7, 11) is 0. The number of hydrogen-bond donors (Lipinski definition) is 2. The summed E-state index contributed by atoms with van der Waals surface area (Å²) in [6.45, 7) is 5.90. The van der Waals surface area contributed by atoms with Crippen LogP contribution in [0.25, 0.3) is 0 Å². The lowest BCUT2D eigenvalue weighted by atomic mass is 9.82. The minimum Gasteiger partial charge on any atom is -0.389 e. The molecule has 0 aliphatic rings. The van der Waals surface area contributed by atoms with Gasteiger partial charge >= 0.3 is 0 Å². The van der Waals surface area contributed by atoms with Crippen LogP contribution in [0.2, 0.25) is 0 Å². The smallest absolute Gasteiger partial charge is 0.223 e. The molecule has 0 radical (unpaired) electrons. The van der Waals surface area contributed by atoms with Gasteiger partial charge in [-0.15, -0.1) is 0 Å². The molecule has 2 unspecified atom stereocenters. The lowest BCUT2D eigenvalue weighted by Crippen LogP contribution is -2.42. The van der Waals surface area contributed by atoms with Crippen LogP contribution >= 0.6 is 0 Å². The van der Waals surface area contributed by atoms with Crippen LogP contribution in [0.3, 0.4) is 0 Å². The van der Waals surface area contributed by atoms with Gasteiger partial charge in [0.25, 0.3) is 0 Å². The number of rotatable bonds is 18. The lowest BCUT2D eigenvalue weighted by molar-refractivity contribution is -0.131. The van der Waals surface area contributed by atoms with Crippen molar-refractivity contribution in [2.24, 2.45) is 11.7 Å². The lowest BCUT2D eigenvalue weighted by Gasteiger charge is -2.29. The number of amides is 1. The van der Waals surface area contributed by atoms with Crippen molar-refractivity contribution in [3.63, 3.8) is 0 Å².